The summed E-state index contributed by atoms with van der Waals surface area (Å²) in [5.74, 6) is 5.53. The van der Waals surface area contributed by atoms with Gasteiger partial charge in [0.25, 0.3) is 0 Å². The summed E-state index contributed by atoms with van der Waals surface area (Å²) in [5.41, 5.74) is 0.757. The van der Waals surface area contributed by atoms with Gasteiger partial charge in [-0.25, -0.2) is 0 Å². The van der Waals surface area contributed by atoms with Crippen LogP contribution >= 0.6 is 11.8 Å². The number of benzene rings is 1. The Balaban J connectivity index is 1.34. The van der Waals surface area contributed by atoms with Gasteiger partial charge in [-0.2, -0.15) is 0 Å². The molecule has 1 nitrogen and oxygen atoms in total. The molecule has 1 aromatic carbocycles. The van der Waals surface area contributed by atoms with E-state index < -0.39 is 0 Å². The quantitative estimate of drug-likeness (QED) is 0.705. The molecular weight excluding hydrogens is 264 g/mol. The number of methoxy groups -OCH3 is 1. The summed E-state index contributed by atoms with van der Waals surface area (Å²) in [6.45, 7) is 0. The molecule has 4 bridgehead atoms. The van der Waals surface area contributed by atoms with Crippen LogP contribution in [0.5, 0.6) is 5.75 Å². The second-order valence-electron chi connectivity index (χ2n) is 7.18. The van der Waals surface area contributed by atoms with E-state index in [-0.39, 0.29) is 0 Å². The van der Waals surface area contributed by atoms with Crippen molar-refractivity contribution in [2.45, 2.75) is 43.4 Å². The van der Waals surface area contributed by atoms with Gasteiger partial charge in [-0.1, -0.05) is 0 Å². The van der Waals surface area contributed by atoms with E-state index in [2.05, 4.69) is 24.3 Å². The first-order chi connectivity index (χ1) is 9.77. The average Bonchev–Trinajstić information content (AvgIpc) is 2.84. The monoisotopic (exact) mass is 288 g/mol. The minimum absolute atomic E-state index is 0.757. The predicted molar refractivity (Wildman–Crippen MR) is 84.3 cm³/mol. The summed E-state index contributed by atoms with van der Waals surface area (Å²) in [6.07, 6.45) is 9.23. The molecule has 0 radical (unpaired) electrons. The molecular formula is C18H24OS. The van der Waals surface area contributed by atoms with E-state index in [4.69, 9.17) is 4.74 Å². The standard InChI is InChI=1S/C18H24OS/c1-19-16-2-4-17(5-3-16)20-7-6-18-11-13-8-14(12-18)10-15(18)9-13/h2-5,13-15H,6-12H2,1H3. The number of hydrogen-bond donors (Lipinski definition) is 0. The molecule has 4 saturated carbocycles. The Bertz CT molecular complexity index is 467. The first-order valence-electron chi connectivity index (χ1n) is 8.04. The van der Waals surface area contributed by atoms with Gasteiger partial charge in [0.2, 0.25) is 0 Å². The molecule has 108 valence electrons. The van der Waals surface area contributed by atoms with Crippen molar-refractivity contribution < 1.29 is 4.74 Å². The summed E-state index contributed by atoms with van der Waals surface area (Å²) in [6, 6.07) is 8.53. The van der Waals surface area contributed by atoms with Crippen LogP contribution in [0.3, 0.4) is 0 Å². The van der Waals surface area contributed by atoms with E-state index in [0.717, 1.165) is 28.9 Å². The maximum atomic E-state index is 5.22. The highest BCUT2D eigenvalue weighted by molar-refractivity contribution is 7.99. The third-order valence-corrected chi connectivity index (χ3v) is 7.10. The average molecular weight is 288 g/mol. The molecule has 20 heavy (non-hydrogen) atoms. The van der Waals surface area contributed by atoms with Crippen molar-refractivity contribution in [1.82, 2.24) is 0 Å². The third-order valence-electron chi connectivity index (χ3n) is 6.09. The zero-order valence-corrected chi connectivity index (χ0v) is 13.1. The Hall–Kier alpha value is -0.630. The van der Waals surface area contributed by atoms with Gasteiger partial charge in [0.15, 0.2) is 0 Å². The van der Waals surface area contributed by atoms with Crippen molar-refractivity contribution in [2.75, 3.05) is 12.9 Å². The molecule has 1 aromatic rings. The molecule has 0 heterocycles. The second kappa shape index (κ2) is 4.98. The molecule has 5 rings (SSSR count). The fourth-order valence-electron chi connectivity index (χ4n) is 5.42. The maximum Gasteiger partial charge on any atom is 0.118 e. The van der Waals surface area contributed by atoms with E-state index >= 15 is 0 Å². The van der Waals surface area contributed by atoms with Crippen LogP contribution in [-0.2, 0) is 0 Å². The molecule has 0 N–H and O–H groups in total. The first-order valence-corrected chi connectivity index (χ1v) is 9.03. The lowest BCUT2D eigenvalue weighted by Crippen LogP contribution is -2.23. The SMILES string of the molecule is COc1ccc(SCCC23CC4CC(CC2C4)C3)cc1. The van der Waals surface area contributed by atoms with Crippen molar-refractivity contribution in [3.8, 4) is 5.75 Å². The molecule has 0 aromatic heterocycles. The molecule has 4 aliphatic carbocycles. The first kappa shape index (κ1) is 13.1. The molecule has 4 fully saturated rings. The van der Waals surface area contributed by atoms with Gasteiger partial charge < -0.3 is 4.74 Å². The highest BCUT2D eigenvalue weighted by Gasteiger charge is 2.56. The van der Waals surface area contributed by atoms with Gasteiger partial charge in [-0.3, -0.25) is 0 Å². The van der Waals surface area contributed by atoms with Crippen molar-refractivity contribution in [2.24, 2.45) is 23.2 Å². The number of ether oxygens (including phenoxy) is 1. The summed E-state index contributed by atoms with van der Waals surface area (Å²) in [5, 5.41) is 0. The van der Waals surface area contributed by atoms with Gasteiger partial charge >= 0.3 is 0 Å². The normalized spacial score (nSPS) is 37.5. The van der Waals surface area contributed by atoms with Crippen LogP contribution in [0.2, 0.25) is 0 Å². The summed E-state index contributed by atoms with van der Waals surface area (Å²) in [4.78, 5) is 1.39. The lowest BCUT2D eigenvalue weighted by Gasteiger charge is -2.32. The second-order valence-corrected chi connectivity index (χ2v) is 8.35. The lowest BCUT2D eigenvalue weighted by molar-refractivity contribution is 0.195. The molecule has 4 aliphatic rings. The fourth-order valence-corrected chi connectivity index (χ4v) is 6.49. The van der Waals surface area contributed by atoms with Crippen LogP contribution < -0.4 is 4.74 Å². The van der Waals surface area contributed by atoms with Gasteiger partial charge in [0.1, 0.15) is 5.75 Å². The van der Waals surface area contributed by atoms with E-state index in [1.807, 2.05) is 11.8 Å². The van der Waals surface area contributed by atoms with Crippen molar-refractivity contribution in [1.29, 1.82) is 0 Å². The number of hydrogen-bond acceptors (Lipinski definition) is 2. The van der Waals surface area contributed by atoms with Gasteiger partial charge in [0.05, 0.1) is 7.11 Å². The van der Waals surface area contributed by atoms with Crippen molar-refractivity contribution >= 4 is 11.8 Å². The fraction of sp³-hybridized carbons (Fsp3) is 0.667. The smallest absolute Gasteiger partial charge is 0.118 e. The highest BCUT2D eigenvalue weighted by atomic mass is 32.2. The zero-order chi connectivity index (χ0) is 13.6. The highest BCUT2D eigenvalue weighted by Crippen LogP contribution is 2.66. The Morgan fingerprint density at radius 3 is 2.45 bits per heavy atom. The van der Waals surface area contributed by atoms with E-state index in [1.54, 1.807) is 39.2 Å². The molecule has 2 heteroatoms. The van der Waals surface area contributed by atoms with Crippen LogP contribution in [0, 0.1) is 23.2 Å². The molecule has 2 atom stereocenters. The molecule has 0 amide bonds. The molecule has 0 saturated heterocycles. The van der Waals surface area contributed by atoms with Crippen LogP contribution in [-0.4, -0.2) is 12.9 Å². The molecule has 0 spiro atoms. The number of rotatable bonds is 5. The van der Waals surface area contributed by atoms with E-state index in [9.17, 15) is 0 Å². The van der Waals surface area contributed by atoms with Crippen molar-refractivity contribution in [3.05, 3.63) is 24.3 Å². The van der Waals surface area contributed by atoms with Gasteiger partial charge in [0, 0.05) is 4.90 Å². The van der Waals surface area contributed by atoms with Gasteiger partial charge in [-0.05, 0) is 91.7 Å². The topological polar surface area (TPSA) is 9.23 Å². The molecule has 2 unspecified atom stereocenters. The van der Waals surface area contributed by atoms with Gasteiger partial charge in [-0.15, -0.1) is 11.8 Å². The summed E-state index contributed by atoms with van der Waals surface area (Å²) < 4.78 is 5.22. The number of thioether (sulfide) groups is 1. The van der Waals surface area contributed by atoms with E-state index in [0.29, 0.717) is 0 Å². The van der Waals surface area contributed by atoms with Crippen LogP contribution in [0.4, 0.5) is 0 Å². The zero-order valence-electron chi connectivity index (χ0n) is 12.3. The van der Waals surface area contributed by atoms with Crippen LogP contribution in [0.15, 0.2) is 29.2 Å². The largest absolute Gasteiger partial charge is 0.497 e. The Morgan fingerprint density at radius 1 is 1.10 bits per heavy atom. The van der Waals surface area contributed by atoms with Crippen LogP contribution in [0.1, 0.15) is 38.5 Å². The minimum Gasteiger partial charge on any atom is -0.497 e. The van der Waals surface area contributed by atoms with E-state index in [1.165, 1.54) is 17.1 Å². The Labute approximate surface area is 126 Å². The Kier molecular flexibility index (Phi) is 3.25. The third kappa shape index (κ3) is 2.16. The summed E-state index contributed by atoms with van der Waals surface area (Å²) in [7, 11) is 1.73. The minimum atomic E-state index is 0.757. The summed E-state index contributed by atoms with van der Waals surface area (Å²) >= 11 is 2.03. The lowest BCUT2D eigenvalue weighted by atomic mass is 9.74. The predicted octanol–water partition coefficient (Wildman–Crippen LogP) is 5.00. The maximum absolute atomic E-state index is 5.22. The molecule has 0 aliphatic heterocycles. The van der Waals surface area contributed by atoms with Crippen LogP contribution in [0.25, 0.3) is 0 Å². The Morgan fingerprint density at radius 2 is 1.80 bits per heavy atom. The van der Waals surface area contributed by atoms with Crippen molar-refractivity contribution in [3.63, 3.8) is 0 Å².